The first-order valence-electron chi connectivity index (χ1n) is 7.14. The standard InChI is InChI=1S/C17H22O2/c1-18-12-4-2-3-5-13-19-17-11-7-10-16(14-17)15-8-6-9-15/h7,10-11H,2-6,8,12-13H2,1H3. The topological polar surface area (TPSA) is 18.5 Å². The first-order chi connectivity index (χ1) is 9.40. The minimum absolute atomic E-state index is 0.774. The molecule has 0 unspecified atom stereocenters. The molecule has 0 aromatic heterocycles. The number of hydrogen-bond donors (Lipinski definition) is 0. The van der Waals surface area contributed by atoms with Crippen LogP contribution in [0.1, 0.15) is 44.1 Å². The van der Waals surface area contributed by atoms with Gasteiger partial charge in [-0.2, -0.15) is 0 Å². The van der Waals surface area contributed by atoms with Crippen LogP contribution >= 0.6 is 0 Å². The Morgan fingerprint density at radius 2 is 1.89 bits per heavy atom. The molecule has 0 N–H and O–H groups in total. The number of ether oxygens (including phenoxy) is 2. The molecule has 19 heavy (non-hydrogen) atoms. The predicted octanol–water partition coefficient (Wildman–Crippen LogP) is 4.05. The molecule has 2 radical (unpaired) electrons. The lowest BCUT2D eigenvalue weighted by atomic mass is 9.92. The average Bonchev–Trinajstić information content (AvgIpc) is 2.36. The summed E-state index contributed by atoms with van der Waals surface area (Å²) in [5, 5.41) is 0. The molecular weight excluding hydrogens is 236 g/mol. The molecule has 0 spiro atoms. The van der Waals surface area contributed by atoms with Gasteiger partial charge < -0.3 is 9.47 Å². The minimum atomic E-state index is 0.774. The molecule has 2 heteroatoms. The van der Waals surface area contributed by atoms with Crippen molar-refractivity contribution in [3.05, 3.63) is 35.9 Å². The van der Waals surface area contributed by atoms with E-state index in [9.17, 15) is 0 Å². The summed E-state index contributed by atoms with van der Waals surface area (Å²) in [6.45, 7) is 1.64. The Hall–Kier alpha value is -1.28. The summed E-state index contributed by atoms with van der Waals surface area (Å²) < 4.78 is 10.8. The Bertz CT molecular complexity index is 409. The summed E-state index contributed by atoms with van der Waals surface area (Å²) in [5.74, 6) is 0.857. The van der Waals surface area contributed by atoms with Crippen molar-refractivity contribution in [1.29, 1.82) is 0 Å². The number of benzene rings is 1. The molecule has 0 saturated carbocycles. The Labute approximate surface area is 116 Å². The average molecular weight is 258 g/mol. The summed E-state index contributed by atoms with van der Waals surface area (Å²) in [6, 6.07) is 9.41. The number of allylic oxidation sites excluding steroid dienone is 2. The van der Waals surface area contributed by atoms with Crippen LogP contribution in [-0.4, -0.2) is 20.3 Å². The van der Waals surface area contributed by atoms with E-state index >= 15 is 0 Å². The molecule has 0 aliphatic heterocycles. The summed E-state index contributed by atoms with van der Waals surface area (Å²) in [5.41, 5.74) is 2.42. The van der Waals surface area contributed by atoms with Crippen molar-refractivity contribution in [1.82, 2.24) is 0 Å². The summed E-state index contributed by atoms with van der Waals surface area (Å²) in [4.78, 5) is 0. The molecule has 102 valence electrons. The monoisotopic (exact) mass is 258 g/mol. The zero-order valence-electron chi connectivity index (χ0n) is 11.7. The van der Waals surface area contributed by atoms with Gasteiger partial charge in [0, 0.05) is 19.8 Å². The van der Waals surface area contributed by atoms with Crippen molar-refractivity contribution in [3.8, 4) is 5.75 Å². The molecule has 1 aliphatic rings. The van der Waals surface area contributed by atoms with Gasteiger partial charge in [0.05, 0.1) is 6.61 Å². The molecule has 0 amide bonds. The van der Waals surface area contributed by atoms with Gasteiger partial charge in [-0.05, 0) is 55.4 Å². The maximum Gasteiger partial charge on any atom is 0.127 e. The zero-order chi connectivity index (χ0) is 13.3. The zero-order valence-corrected chi connectivity index (χ0v) is 11.7. The highest BCUT2D eigenvalue weighted by Crippen LogP contribution is 2.29. The van der Waals surface area contributed by atoms with Crippen molar-refractivity contribution in [2.24, 2.45) is 0 Å². The fourth-order valence-corrected chi connectivity index (χ4v) is 2.07. The van der Waals surface area contributed by atoms with Crippen LogP contribution in [0, 0.1) is 12.1 Å². The van der Waals surface area contributed by atoms with Crippen LogP contribution in [0.4, 0.5) is 0 Å². The largest absolute Gasteiger partial charge is 0.493 e. The van der Waals surface area contributed by atoms with Gasteiger partial charge in [0.1, 0.15) is 5.75 Å². The molecular formula is C17H22O2. The Balaban J connectivity index is 1.65. The second kappa shape index (κ2) is 8.00. The fourth-order valence-electron chi connectivity index (χ4n) is 2.07. The summed E-state index contributed by atoms with van der Waals surface area (Å²) in [6.07, 6.45) is 10.1. The summed E-state index contributed by atoms with van der Waals surface area (Å²) >= 11 is 0. The third kappa shape index (κ3) is 4.71. The summed E-state index contributed by atoms with van der Waals surface area (Å²) in [7, 11) is 1.75. The van der Waals surface area contributed by atoms with Gasteiger partial charge in [0.2, 0.25) is 0 Å². The lowest BCUT2D eigenvalue weighted by Crippen LogP contribution is -2.00. The van der Waals surface area contributed by atoms with E-state index in [1.165, 1.54) is 18.4 Å². The van der Waals surface area contributed by atoms with E-state index in [0.29, 0.717) is 0 Å². The van der Waals surface area contributed by atoms with Gasteiger partial charge in [0.25, 0.3) is 0 Å². The third-order valence-electron chi connectivity index (χ3n) is 3.31. The lowest BCUT2D eigenvalue weighted by molar-refractivity contribution is 0.191. The molecule has 0 bridgehead atoms. The molecule has 0 saturated heterocycles. The molecule has 0 fully saturated rings. The maximum atomic E-state index is 5.74. The van der Waals surface area contributed by atoms with Crippen LogP contribution in [-0.2, 0) is 4.74 Å². The van der Waals surface area contributed by atoms with Crippen LogP contribution in [0.15, 0.2) is 18.2 Å². The van der Waals surface area contributed by atoms with Gasteiger partial charge in [0.15, 0.2) is 0 Å². The molecule has 0 atom stereocenters. The van der Waals surface area contributed by atoms with Gasteiger partial charge in [-0.25, -0.2) is 0 Å². The minimum Gasteiger partial charge on any atom is -0.493 e. The van der Waals surface area contributed by atoms with Crippen molar-refractivity contribution < 1.29 is 9.47 Å². The maximum absolute atomic E-state index is 5.74. The molecule has 0 heterocycles. The van der Waals surface area contributed by atoms with E-state index in [2.05, 4.69) is 18.2 Å². The number of hydrogen-bond acceptors (Lipinski definition) is 2. The highest BCUT2D eigenvalue weighted by molar-refractivity contribution is 5.67. The Kier molecular flexibility index (Phi) is 5.96. The molecule has 1 aromatic rings. The van der Waals surface area contributed by atoms with Crippen LogP contribution in [0.5, 0.6) is 5.75 Å². The van der Waals surface area contributed by atoms with Crippen molar-refractivity contribution in [3.63, 3.8) is 0 Å². The highest BCUT2D eigenvalue weighted by Gasteiger charge is 2.09. The quantitative estimate of drug-likeness (QED) is 0.622. The van der Waals surface area contributed by atoms with E-state index in [1.807, 2.05) is 12.1 Å². The van der Waals surface area contributed by atoms with Crippen LogP contribution in [0.3, 0.4) is 0 Å². The van der Waals surface area contributed by atoms with Crippen LogP contribution in [0.25, 0.3) is 5.57 Å². The Morgan fingerprint density at radius 1 is 1.11 bits per heavy atom. The van der Waals surface area contributed by atoms with Gasteiger partial charge in [-0.15, -0.1) is 0 Å². The van der Waals surface area contributed by atoms with E-state index in [1.54, 1.807) is 7.11 Å². The van der Waals surface area contributed by atoms with Crippen molar-refractivity contribution in [2.75, 3.05) is 20.3 Å². The molecule has 2 nitrogen and oxygen atoms in total. The van der Waals surface area contributed by atoms with Gasteiger partial charge >= 0.3 is 0 Å². The number of unbranched alkanes of at least 4 members (excludes halogenated alkanes) is 3. The first kappa shape index (κ1) is 14.1. The van der Waals surface area contributed by atoms with E-state index < -0.39 is 0 Å². The van der Waals surface area contributed by atoms with E-state index in [0.717, 1.165) is 50.2 Å². The smallest absolute Gasteiger partial charge is 0.127 e. The second-order valence-corrected chi connectivity index (χ2v) is 4.84. The van der Waals surface area contributed by atoms with Crippen LogP contribution in [0.2, 0.25) is 0 Å². The first-order valence-corrected chi connectivity index (χ1v) is 7.14. The van der Waals surface area contributed by atoms with E-state index in [-0.39, 0.29) is 0 Å². The van der Waals surface area contributed by atoms with Crippen molar-refractivity contribution >= 4 is 5.57 Å². The lowest BCUT2D eigenvalue weighted by Gasteiger charge is -2.14. The van der Waals surface area contributed by atoms with Crippen molar-refractivity contribution in [2.45, 2.75) is 38.5 Å². The highest BCUT2D eigenvalue weighted by atomic mass is 16.5. The molecule has 2 rings (SSSR count). The van der Waals surface area contributed by atoms with Crippen LogP contribution < -0.4 is 4.74 Å². The molecule has 1 aromatic carbocycles. The predicted molar refractivity (Wildman–Crippen MR) is 77.0 cm³/mol. The van der Waals surface area contributed by atoms with Gasteiger partial charge in [-0.1, -0.05) is 18.6 Å². The van der Waals surface area contributed by atoms with E-state index in [4.69, 9.17) is 9.47 Å². The number of rotatable bonds is 9. The fraction of sp³-hybridized carbons (Fsp3) is 0.529. The normalized spacial score (nSPS) is 13.8. The van der Waals surface area contributed by atoms with Gasteiger partial charge in [-0.3, -0.25) is 0 Å². The third-order valence-corrected chi connectivity index (χ3v) is 3.31. The SMILES string of the molecule is COCCCCCCOc1[c]c(C2=[C]CC2)ccc1. The number of methoxy groups -OCH3 is 1. The Morgan fingerprint density at radius 3 is 2.58 bits per heavy atom. The molecule has 1 aliphatic carbocycles. The second-order valence-electron chi connectivity index (χ2n) is 4.84.